The van der Waals surface area contributed by atoms with Gasteiger partial charge in [-0.3, -0.25) is 4.79 Å². The first kappa shape index (κ1) is 11.1. The summed E-state index contributed by atoms with van der Waals surface area (Å²) in [6.07, 6.45) is 5.62. The van der Waals surface area contributed by atoms with E-state index in [9.17, 15) is 4.79 Å². The van der Waals surface area contributed by atoms with Crippen LogP contribution in [0.4, 0.5) is 0 Å². The van der Waals surface area contributed by atoms with Gasteiger partial charge in [0.2, 0.25) is 0 Å². The van der Waals surface area contributed by atoms with Crippen molar-refractivity contribution in [1.29, 1.82) is 0 Å². The van der Waals surface area contributed by atoms with Gasteiger partial charge in [-0.25, -0.2) is 0 Å². The standard InChI is InChI=1S/C15H18O/c1-11(2)14(10-16)9-13-5-3-4-6-15(13)12-7-8-12/h3-6,9-12H,7-8H2,1-2H3. The Hall–Kier alpha value is -1.37. The monoisotopic (exact) mass is 214 g/mol. The number of benzene rings is 1. The molecule has 1 aliphatic rings. The number of rotatable bonds is 4. The summed E-state index contributed by atoms with van der Waals surface area (Å²) in [5, 5.41) is 0. The lowest BCUT2D eigenvalue weighted by Gasteiger charge is -2.07. The third kappa shape index (κ3) is 2.41. The average molecular weight is 214 g/mol. The zero-order valence-electron chi connectivity index (χ0n) is 9.94. The van der Waals surface area contributed by atoms with Crippen LogP contribution >= 0.6 is 0 Å². The van der Waals surface area contributed by atoms with Gasteiger partial charge in [-0.15, -0.1) is 0 Å². The van der Waals surface area contributed by atoms with Gasteiger partial charge >= 0.3 is 0 Å². The summed E-state index contributed by atoms with van der Waals surface area (Å²) < 4.78 is 0. The van der Waals surface area contributed by atoms with E-state index in [1.807, 2.05) is 12.1 Å². The number of aldehydes is 1. The molecule has 1 aliphatic carbocycles. The Kier molecular flexibility index (Phi) is 3.23. The van der Waals surface area contributed by atoms with Crippen molar-refractivity contribution < 1.29 is 4.79 Å². The smallest absolute Gasteiger partial charge is 0.146 e. The lowest BCUT2D eigenvalue weighted by atomic mass is 9.97. The van der Waals surface area contributed by atoms with Crippen molar-refractivity contribution in [3.05, 3.63) is 41.0 Å². The molecule has 0 spiro atoms. The van der Waals surface area contributed by atoms with Gasteiger partial charge in [-0.2, -0.15) is 0 Å². The molecule has 0 bridgehead atoms. The van der Waals surface area contributed by atoms with Crippen LogP contribution in [-0.2, 0) is 4.79 Å². The molecule has 1 nitrogen and oxygen atoms in total. The largest absolute Gasteiger partial charge is 0.298 e. The first-order valence-electron chi connectivity index (χ1n) is 5.98. The lowest BCUT2D eigenvalue weighted by Crippen LogP contribution is -1.96. The highest BCUT2D eigenvalue weighted by Crippen LogP contribution is 2.42. The molecule has 0 heterocycles. The molecule has 1 fully saturated rings. The molecule has 0 unspecified atom stereocenters. The van der Waals surface area contributed by atoms with Gasteiger partial charge in [0.1, 0.15) is 6.29 Å². The van der Waals surface area contributed by atoms with Gasteiger partial charge in [0, 0.05) is 0 Å². The molecule has 1 saturated carbocycles. The SMILES string of the molecule is CC(C)C(C=O)=Cc1ccccc1C1CC1. The van der Waals surface area contributed by atoms with Gasteiger partial charge in [0.25, 0.3) is 0 Å². The highest BCUT2D eigenvalue weighted by molar-refractivity contribution is 5.82. The molecule has 1 aromatic rings. The fourth-order valence-corrected chi connectivity index (χ4v) is 1.92. The Morgan fingerprint density at radius 1 is 1.31 bits per heavy atom. The van der Waals surface area contributed by atoms with Crippen LogP contribution < -0.4 is 0 Å². The topological polar surface area (TPSA) is 17.1 Å². The van der Waals surface area contributed by atoms with Crippen molar-refractivity contribution in [2.75, 3.05) is 0 Å². The Labute approximate surface area is 97.2 Å². The Balaban J connectivity index is 2.35. The fourth-order valence-electron chi connectivity index (χ4n) is 1.92. The number of hydrogen-bond acceptors (Lipinski definition) is 1. The van der Waals surface area contributed by atoms with Crippen LogP contribution in [0.2, 0.25) is 0 Å². The van der Waals surface area contributed by atoms with Crippen molar-refractivity contribution in [2.45, 2.75) is 32.6 Å². The van der Waals surface area contributed by atoms with Crippen LogP contribution in [0.15, 0.2) is 29.8 Å². The molecule has 84 valence electrons. The van der Waals surface area contributed by atoms with E-state index in [-0.39, 0.29) is 0 Å². The number of carbonyl (C=O) groups excluding carboxylic acids is 1. The predicted octanol–water partition coefficient (Wildman–Crippen LogP) is 3.80. The van der Waals surface area contributed by atoms with E-state index in [2.05, 4.69) is 32.0 Å². The van der Waals surface area contributed by atoms with E-state index in [1.165, 1.54) is 24.0 Å². The van der Waals surface area contributed by atoms with E-state index in [0.29, 0.717) is 5.92 Å². The van der Waals surface area contributed by atoms with Crippen LogP contribution in [-0.4, -0.2) is 6.29 Å². The zero-order chi connectivity index (χ0) is 11.5. The van der Waals surface area contributed by atoms with Crippen LogP contribution in [0.5, 0.6) is 0 Å². The maximum absolute atomic E-state index is 11.0. The highest BCUT2D eigenvalue weighted by Gasteiger charge is 2.25. The summed E-state index contributed by atoms with van der Waals surface area (Å²) in [5.41, 5.74) is 3.51. The number of carbonyl (C=O) groups is 1. The molecule has 1 aromatic carbocycles. The minimum atomic E-state index is 0.296. The van der Waals surface area contributed by atoms with Gasteiger partial charge in [0.05, 0.1) is 0 Å². The molecule has 0 amide bonds. The second-order valence-corrected chi connectivity index (χ2v) is 4.82. The van der Waals surface area contributed by atoms with Gasteiger partial charge in [-0.1, -0.05) is 38.1 Å². The molecule has 0 radical (unpaired) electrons. The van der Waals surface area contributed by atoms with Gasteiger partial charge < -0.3 is 0 Å². The summed E-state index contributed by atoms with van der Waals surface area (Å²) in [6, 6.07) is 8.42. The molecule has 0 atom stereocenters. The number of hydrogen-bond donors (Lipinski definition) is 0. The molecular formula is C15H18O. The summed E-state index contributed by atoms with van der Waals surface area (Å²) in [6.45, 7) is 4.11. The molecule has 16 heavy (non-hydrogen) atoms. The van der Waals surface area contributed by atoms with Crippen molar-refractivity contribution in [3.8, 4) is 0 Å². The van der Waals surface area contributed by atoms with Crippen molar-refractivity contribution >= 4 is 12.4 Å². The van der Waals surface area contributed by atoms with Gasteiger partial charge in [0.15, 0.2) is 0 Å². The predicted molar refractivity (Wildman–Crippen MR) is 67.3 cm³/mol. The lowest BCUT2D eigenvalue weighted by molar-refractivity contribution is -0.105. The van der Waals surface area contributed by atoms with Crippen molar-refractivity contribution in [3.63, 3.8) is 0 Å². The molecule has 0 N–H and O–H groups in total. The Morgan fingerprint density at radius 3 is 2.56 bits per heavy atom. The van der Waals surface area contributed by atoms with Crippen LogP contribution in [0.25, 0.3) is 6.08 Å². The zero-order valence-corrected chi connectivity index (χ0v) is 9.94. The van der Waals surface area contributed by atoms with E-state index >= 15 is 0 Å². The first-order chi connectivity index (χ1) is 7.72. The van der Waals surface area contributed by atoms with Gasteiger partial charge in [-0.05, 0) is 47.5 Å². The summed E-state index contributed by atoms with van der Waals surface area (Å²) in [5.74, 6) is 1.03. The van der Waals surface area contributed by atoms with E-state index in [4.69, 9.17) is 0 Å². The van der Waals surface area contributed by atoms with Crippen LogP contribution in [0, 0.1) is 5.92 Å². The Morgan fingerprint density at radius 2 is 2.00 bits per heavy atom. The second kappa shape index (κ2) is 4.65. The van der Waals surface area contributed by atoms with E-state index < -0.39 is 0 Å². The summed E-state index contributed by atoms with van der Waals surface area (Å²) in [4.78, 5) is 11.0. The summed E-state index contributed by atoms with van der Waals surface area (Å²) in [7, 11) is 0. The first-order valence-corrected chi connectivity index (χ1v) is 5.98. The Bertz CT molecular complexity index is 411. The minimum Gasteiger partial charge on any atom is -0.298 e. The average Bonchev–Trinajstić information content (AvgIpc) is 3.09. The molecule has 0 aliphatic heterocycles. The quantitative estimate of drug-likeness (QED) is 0.550. The molecule has 0 saturated heterocycles. The summed E-state index contributed by atoms with van der Waals surface area (Å²) >= 11 is 0. The molecular weight excluding hydrogens is 196 g/mol. The third-order valence-electron chi connectivity index (χ3n) is 3.14. The van der Waals surface area contributed by atoms with Crippen LogP contribution in [0.1, 0.15) is 43.7 Å². The normalized spacial score (nSPS) is 16.6. The highest BCUT2D eigenvalue weighted by atomic mass is 16.1. The van der Waals surface area contributed by atoms with E-state index in [1.54, 1.807) is 0 Å². The molecule has 1 heteroatoms. The van der Waals surface area contributed by atoms with Crippen molar-refractivity contribution in [2.24, 2.45) is 5.92 Å². The molecule has 0 aromatic heterocycles. The van der Waals surface area contributed by atoms with Crippen molar-refractivity contribution in [1.82, 2.24) is 0 Å². The fraction of sp³-hybridized carbons (Fsp3) is 0.400. The molecule has 2 rings (SSSR count). The third-order valence-corrected chi connectivity index (χ3v) is 3.14. The van der Waals surface area contributed by atoms with E-state index in [0.717, 1.165) is 17.8 Å². The minimum absolute atomic E-state index is 0.296. The van der Waals surface area contributed by atoms with Crippen LogP contribution in [0.3, 0.4) is 0 Å². The number of allylic oxidation sites excluding steroid dienone is 1. The maximum atomic E-state index is 11.0. The second-order valence-electron chi connectivity index (χ2n) is 4.82. The maximum Gasteiger partial charge on any atom is 0.146 e.